The molecular weight excluding hydrogens is 291 g/mol. The summed E-state index contributed by atoms with van der Waals surface area (Å²) in [5.74, 6) is 0. The topological polar surface area (TPSA) is 80.9 Å². The second kappa shape index (κ2) is 1030. The van der Waals surface area contributed by atoms with Crippen LogP contribution in [-0.2, 0) is 25.8 Å². The van der Waals surface area contributed by atoms with Crippen molar-refractivity contribution < 1.29 is 46.3 Å². The molecule has 0 aromatic heterocycles. The van der Waals surface area contributed by atoms with E-state index >= 15 is 0 Å². The van der Waals surface area contributed by atoms with E-state index in [4.69, 9.17) is 20.4 Å². The van der Waals surface area contributed by atoms with Gasteiger partial charge in [-0.25, -0.2) is 0 Å². The van der Waals surface area contributed by atoms with Crippen molar-refractivity contribution in [2.75, 3.05) is 28.4 Å². The zero-order valence-corrected chi connectivity index (χ0v) is 9.88. The Balaban J connectivity index is -0.00000000762. The Bertz CT molecular complexity index is 12.5. The third-order valence-corrected chi connectivity index (χ3v) is 0. The van der Waals surface area contributed by atoms with Crippen LogP contribution in [0.3, 0.4) is 0 Å². The molecule has 4 nitrogen and oxygen atoms in total. The summed E-state index contributed by atoms with van der Waals surface area (Å²) in [7, 11) is 4.00. The molecule has 0 aromatic rings. The molecule has 0 spiro atoms. The minimum absolute atomic E-state index is 0. The molecule has 0 aliphatic rings. The maximum Gasteiger partial charge on any atom is 0.0319 e. The molecule has 0 aliphatic carbocycles. The molecule has 4 N–H and O–H groups in total. The Morgan fingerprint density at radius 2 is 0.444 bits per heavy atom. The van der Waals surface area contributed by atoms with Crippen molar-refractivity contribution in [3.63, 3.8) is 0 Å². The largest absolute Gasteiger partial charge is 0.400 e. The van der Waals surface area contributed by atoms with E-state index in [0.717, 1.165) is 28.4 Å². The zero-order valence-electron chi connectivity index (χ0n) is 6.29. The van der Waals surface area contributed by atoms with E-state index in [-0.39, 0.29) is 25.8 Å². The molecule has 0 rings (SSSR count). The monoisotopic (exact) mass is 308 g/mol. The molecular formula is C4H16HfO4. The maximum absolute atomic E-state index is 7.00. The third kappa shape index (κ3) is 778. The summed E-state index contributed by atoms with van der Waals surface area (Å²) in [5, 5.41) is 28.0. The summed E-state index contributed by atoms with van der Waals surface area (Å²) >= 11 is 0. The first kappa shape index (κ1) is 33.2. The first-order valence-electron chi connectivity index (χ1n) is 1.79. The summed E-state index contributed by atoms with van der Waals surface area (Å²) in [4.78, 5) is 0. The Morgan fingerprint density at radius 3 is 0.444 bits per heavy atom. The Kier molecular flexibility index (Phi) is 3790. The fraction of sp³-hybridized carbons (Fsp3) is 1.00. The molecule has 0 aliphatic heterocycles. The number of aliphatic hydroxyl groups is 4. The van der Waals surface area contributed by atoms with E-state index in [1.165, 1.54) is 0 Å². The first-order chi connectivity index (χ1) is 4.00. The minimum Gasteiger partial charge on any atom is -0.400 e. The van der Waals surface area contributed by atoms with Crippen LogP contribution < -0.4 is 0 Å². The van der Waals surface area contributed by atoms with E-state index < -0.39 is 0 Å². The summed E-state index contributed by atoms with van der Waals surface area (Å²) in [6.45, 7) is 0. The molecule has 0 saturated heterocycles. The molecule has 0 aromatic carbocycles. The molecule has 5 heteroatoms. The third-order valence-electron chi connectivity index (χ3n) is 0. The minimum atomic E-state index is 0. The molecule has 0 bridgehead atoms. The van der Waals surface area contributed by atoms with Crippen molar-refractivity contribution in [2.24, 2.45) is 0 Å². The van der Waals surface area contributed by atoms with Crippen LogP contribution in [0.5, 0.6) is 0 Å². The van der Waals surface area contributed by atoms with Gasteiger partial charge in [-0.15, -0.1) is 0 Å². The van der Waals surface area contributed by atoms with Gasteiger partial charge in [-0.05, 0) is 0 Å². The molecule has 0 radical (unpaired) electrons. The molecule has 60 valence electrons. The molecule has 0 atom stereocenters. The molecule has 0 heterocycles. The SMILES string of the molecule is CO.CO.CO.CO.[Hf]. The van der Waals surface area contributed by atoms with Gasteiger partial charge in [-0.3, -0.25) is 0 Å². The van der Waals surface area contributed by atoms with Crippen LogP contribution >= 0.6 is 0 Å². The van der Waals surface area contributed by atoms with Crippen molar-refractivity contribution >= 4 is 0 Å². The van der Waals surface area contributed by atoms with E-state index in [1.54, 1.807) is 0 Å². The van der Waals surface area contributed by atoms with Gasteiger partial charge in [0.25, 0.3) is 0 Å². The first-order valence-corrected chi connectivity index (χ1v) is 1.79. The zero-order chi connectivity index (χ0) is 8.00. The Labute approximate surface area is 74.9 Å². The van der Waals surface area contributed by atoms with Gasteiger partial charge in [0.1, 0.15) is 0 Å². The number of hydrogen-bond acceptors (Lipinski definition) is 4. The quantitative estimate of drug-likeness (QED) is 0.408. The normalized spacial score (nSPS) is 2.67. The maximum atomic E-state index is 7.00. The van der Waals surface area contributed by atoms with Crippen molar-refractivity contribution in [1.29, 1.82) is 0 Å². The van der Waals surface area contributed by atoms with Gasteiger partial charge in [0.05, 0.1) is 0 Å². The fourth-order valence-corrected chi connectivity index (χ4v) is 0. The standard InChI is InChI=1S/4CH4O.Hf/c4*1-2;/h4*2H,1H3;. The average Bonchev–Trinajstić information content (AvgIpc) is 2.03. The fourth-order valence-electron chi connectivity index (χ4n) is 0. The van der Waals surface area contributed by atoms with Crippen molar-refractivity contribution in [3.05, 3.63) is 0 Å². The van der Waals surface area contributed by atoms with Crippen LogP contribution in [0.15, 0.2) is 0 Å². The molecule has 0 amide bonds. The molecule has 0 unspecified atom stereocenters. The van der Waals surface area contributed by atoms with Crippen LogP contribution in [0, 0.1) is 0 Å². The second-order valence-corrected chi connectivity index (χ2v) is 0. The second-order valence-electron chi connectivity index (χ2n) is 0. The van der Waals surface area contributed by atoms with Crippen LogP contribution in [0.25, 0.3) is 0 Å². The summed E-state index contributed by atoms with van der Waals surface area (Å²) in [5.41, 5.74) is 0. The average molecular weight is 307 g/mol. The van der Waals surface area contributed by atoms with Gasteiger partial charge in [0, 0.05) is 54.3 Å². The van der Waals surface area contributed by atoms with Gasteiger partial charge >= 0.3 is 0 Å². The van der Waals surface area contributed by atoms with Gasteiger partial charge in [0.2, 0.25) is 0 Å². The van der Waals surface area contributed by atoms with Crippen LogP contribution in [0.1, 0.15) is 0 Å². The smallest absolute Gasteiger partial charge is 0.0319 e. The Morgan fingerprint density at radius 1 is 0.444 bits per heavy atom. The summed E-state index contributed by atoms with van der Waals surface area (Å²) in [6.07, 6.45) is 0. The Hall–Kier alpha value is 0.710. The predicted molar refractivity (Wildman–Crippen MR) is 32.6 cm³/mol. The molecule has 0 fully saturated rings. The van der Waals surface area contributed by atoms with Crippen LogP contribution in [-0.4, -0.2) is 48.9 Å². The number of hydrogen-bond donors (Lipinski definition) is 4. The van der Waals surface area contributed by atoms with Crippen LogP contribution in [0.4, 0.5) is 0 Å². The predicted octanol–water partition coefficient (Wildman–Crippen LogP) is -1.57. The van der Waals surface area contributed by atoms with E-state index in [2.05, 4.69) is 0 Å². The number of aliphatic hydroxyl groups excluding tert-OH is 4. The number of rotatable bonds is 0. The van der Waals surface area contributed by atoms with Gasteiger partial charge in [-0.2, -0.15) is 0 Å². The van der Waals surface area contributed by atoms with Gasteiger partial charge in [0.15, 0.2) is 0 Å². The van der Waals surface area contributed by atoms with Crippen molar-refractivity contribution in [3.8, 4) is 0 Å². The van der Waals surface area contributed by atoms with Crippen molar-refractivity contribution in [2.45, 2.75) is 0 Å². The summed E-state index contributed by atoms with van der Waals surface area (Å²) < 4.78 is 0. The van der Waals surface area contributed by atoms with Gasteiger partial charge in [-0.1, -0.05) is 0 Å². The molecule has 0 saturated carbocycles. The molecule has 9 heavy (non-hydrogen) atoms. The van der Waals surface area contributed by atoms with Crippen LogP contribution in [0.2, 0.25) is 0 Å². The van der Waals surface area contributed by atoms with E-state index in [0.29, 0.717) is 0 Å². The van der Waals surface area contributed by atoms with E-state index in [1.807, 2.05) is 0 Å². The van der Waals surface area contributed by atoms with Crippen molar-refractivity contribution in [1.82, 2.24) is 0 Å². The summed E-state index contributed by atoms with van der Waals surface area (Å²) in [6, 6.07) is 0. The van der Waals surface area contributed by atoms with E-state index in [9.17, 15) is 0 Å². The van der Waals surface area contributed by atoms with Gasteiger partial charge < -0.3 is 20.4 Å².